The molecule has 54 heavy (non-hydrogen) atoms. The Morgan fingerprint density at radius 2 is 1.76 bits per heavy atom. The van der Waals surface area contributed by atoms with E-state index in [1.54, 1.807) is 26.1 Å². The number of para-hydroxylation sites is 1. The van der Waals surface area contributed by atoms with E-state index >= 15 is 0 Å². The number of aromatic amines is 1. The summed E-state index contributed by atoms with van der Waals surface area (Å²) in [5.41, 5.74) is -0.389. The number of hydrogen-bond donors (Lipinski definition) is 6. The molecule has 292 valence electrons. The fourth-order valence-corrected chi connectivity index (χ4v) is 10.5. The molecule has 2 amide bonds. The fourth-order valence-electron chi connectivity index (χ4n) is 10.5. The third kappa shape index (κ3) is 7.12. The normalized spacial score (nSPS) is 31.4. The Bertz CT molecular complexity index is 1870. The second-order valence-electron chi connectivity index (χ2n) is 16.8. The van der Waals surface area contributed by atoms with E-state index in [-0.39, 0.29) is 61.1 Å². The lowest BCUT2D eigenvalue weighted by atomic mass is 9.45. The highest BCUT2D eigenvalue weighted by Crippen LogP contribution is 2.67. The number of fused-ring (bicyclic) bond motifs is 6. The number of benzene rings is 1. The van der Waals surface area contributed by atoms with Gasteiger partial charge in [0.2, 0.25) is 17.6 Å². The van der Waals surface area contributed by atoms with Gasteiger partial charge >= 0.3 is 11.9 Å². The summed E-state index contributed by atoms with van der Waals surface area (Å²) >= 11 is 0. The monoisotopic (exact) mass is 747 g/mol. The van der Waals surface area contributed by atoms with Crippen molar-refractivity contribution in [2.45, 2.75) is 116 Å². The van der Waals surface area contributed by atoms with Gasteiger partial charge in [0.1, 0.15) is 17.7 Å². The van der Waals surface area contributed by atoms with E-state index in [1.165, 1.54) is 0 Å². The topological polar surface area (TPSA) is 212 Å². The average Bonchev–Trinajstić information content (AvgIpc) is 3.65. The van der Waals surface area contributed by atoms with Crippen LogP contribution in [-0.2, 0) is 39.9 Å². The minimum atomic E-state index is -1.80. The number of allylic oxidation sites excluding steroid dienone is 1. The van der Waals surface area contributed by atoms with Crippen LogP contribution in [0, 0.1) is 34.5 Å². The number of H-pyrrole nitrogens is 1. The Kier molecular flexibility index (Phi) is 11.0. The molecule has 0 unspecified atom stereocenters. The lowest BCUT2D eigenvalue weighted by Crippen LogP contribution is -2.62. The van der Waals surface area contributed by atoms with Gasteiger partial charge in [-0.2, -0.15) is 0 Å². The number of aromatic nitrogens is 1. The van der Waals surface area contributed by atoms with Crippen LogP contribution in [-0.4, -0.2) is 86.0 Å². The second-order valence-corrected chi connectivity index (χ2v) is 16.8. The van der Waals surface area contributed by atoms with Crippen molar-refractivity contribution in [1.29, 1.82) is 0 Å². The molecular weight excluding hydrogens is 694 g/mol. The number of aliphatic hydroxyl groups is 2. The van der Waals surface area contributed by atoms with Gasteiger partial charge in [0.05, 0.1) is 12.5 Å². The Morgan fingerprint density at radius 3 is 2.48 bits per heavy atom. The zero-order chi connectivity index (χ0) is 39.2. The lowest BCUT2D eigenvalue weighted by Gasteiger charge is -2.60. The number of ketones is 2. The Morgan fingerprint density at radius 1 is 1.02 bits per heavy atom. The van der Waals surface area contributed by atoms with E-state index in [2.05, 4.69) is 22.5 Å². The van der Waals surface area contributed by atoms with Gasteiger partial charge in [-0.3, -0.25) is 24.0 Å². The minimum absolute atomic E-state index is 0.0199. The molecule has 0 radical (unpaired) electrons. The first-order valence-corrected chi connectivity index (χ1v) is 19.2. The highest BCUT2D eigenvalue weighted by atomic mass is 16.5. The summed E-state index contributed by atoms with van der Waals surface area (Å²) in [4.78, 5) is 79.9. The molecule has 0 saturated heterocycles. The summed E-state index contributed by atoms with van der Waals surface area (Å²) < 4.78 is 5.27. The largest absolute Gasteiger partial charge is 0.480 e. The number of aliphatic carboxylic acids is 1. The van der Waals surface area contributed by atoms with Crippen molar-refractivity contribution in [3.8, 4) is 0 Å². The van der Waals surface area contributed by atoms with Crippen LogP contribution in [0.3, 0.4) is 0 Å². The van der Waals surface area contributed by atoms with Crippen molar-refractivity contribution in [2.24, 2.45) is 34.5 Å². The molecule has 0 aliphatic heterocycles. The molecule has 1 aromatic carbocycles. The van der Waals surface area contributed by atoms with Crippen molar-refractivity contribution in [1.82, 2.24) is 15.6 Å². The average molecular weight is 748 g/mol. The third-order valence-electron chi connectivity index (χ3n) is 13.4. The van der Waals surface area contributed by atoms with Crippen molar-refractivity contribution in [2.75, 3.05) is 6.61 Å². The van der Waals surface area contributed by atoms with Gasteiger partial charge in [-0.15, -0.1) is 0 Å². The van der Waals surface area contributed by atoms with Gasteiger partial charge in [-0.25, -0.2) is 4.79 Å². The van der Waals surface area contributed by atoms with Gasteiger partial charge in [0.15, 0.2) is 12.4 Å². The minimum Gasteiger partial charge on any atom is -0.480 e. The van der Waals surface area contributed by atoms with Gasteiger partial charge in [-0.05, 0) is 85.3 Å². The van der Waals surface area contributed by atoms with Gasteiger partial charge in [0.25, 0.3) is 0 Å². The maximum Gasteiger partial charge on any atom is 0.326 e. The summed E-state index contributed by atoms with van der Waals surface area (Å²) in [5, 5.41) is 39.4. The van der Waals surface area contributed by atoms with E-state index < -0.39 is 71.3 Å². The van der Waals surface area contributed by atoms with Gasteiger partial charge in [-0.1, -0.05) is 51.5 Å². The number of hydrogen-bond acceptors (Lipinski definition) is 9. The molecule has 9 atom stereocenters. The number of aliphatic hydroxyl groups excluding tert-OH is 1. The first-order chi connectivity index (χ1) is 25.5. The van der Waals surface area contributed by atoms with E-state index in [9.17, 15) is 44.1 Å². The van der Waals surface area contributed by atoms with E-state index in [1.807, 2.05) is 31.2 Å². The first kappa shape index (κ1) is 39.3. The number of esters is 1. The standard InChI is InChI=1S/C41H53N3O10/c1-22(2)36(37(50)43-30(38(51)52)17-23-20-42-29-8-6-5-7-26(23)29)44-33(48)11-12-34(49)54-21-32(47)41(53)16-14-28-27-10-9-24-18-25(45)13-15-39(24,3)35(27)31(46)19-40(28,41)4/h5-8,18,20,22,27-28,30-31,35-36,42,46,53H,9-17,19,21H2,1-4H3,(H,43,50)(H,44,48)(H,51,52)/t27-,28-,30+,31-,35+,36-,39-,40-,41-/m0/s1. The number of carbonyl (C=O) groups is 6. The Hall–Kier alpha value is -4.36. The van der Waals surface area contributed by atoms with Crippen molar-refractivity contribution in [3.05, 3.63) is 47.7 Å². The van der Waals surface area contributed by atoms with Crippen LogP contribution in [0.25, 0.3) is 10.9 Å². The molecule has 0 spiro atoms. The van der Waals surface area contributed by atoms with Crippen LogP contribution in [0.15, 0.2) is 42.1 Å². The summed E-state index contributed by atoms with van der Waals surface area (Å²) in [6, 6.07) is 5.07. The highest BCUT2D eigenvalue weighted by molar-refractivity contribution is 5.93. The number of carboxylic acids is 1. The maximum atomic E-state index is 13.6. The number of nitrogens with one attached hydrogen (secondary N) is 3. The predicted octanol–water partition coefficient (Wildman–Crippen LogP) is 3.55. The molecule has 2 aromatic rings. The summed E-state index contributed by atoms with van der Waals surface area (Å²) in [6.07, 6.45) is 5.61. The number of ether oxygens (including phenoxy) is 1. The van der Waals surface area contributed by atoms with Crippen LogP contribution in [0.5, 0.6) is 0 Å². The second kappa shape index (κ2) is 15.1. The van der Waals surface area contributed by atoms with Crippen LogP contribution in [0.1, 0.15) is 91.0 Å². The molecule has 1 aromatic heterocycles. The number of carbonyl (C=O) groups excluding carboxylic acids is 5. The first-order valence-electron chi connectivity index (χ1n) is 19.2. The van der Waals surface area contributed by atoms with Crippen LogP contribution in [0.4, 0.5) is 0 Å². The predicted molar refractivity (Wildman–Crippen MR) is 197 cm³/mol. The maximum absolute atomic E-state index is 13.6. The SMILES string of the molecule is CC(C)[C@H](NC(=O)CCC(=O)OCC(=O)[C@@]1(O)CC[C@H]2[C@@H]3CCC4=CC(=O)CC[C@]4(C)[C@H]3[C@@H](O)C[C@@]21C)C(=O)N[C@H](Cc1c[nH]c2ccccc12)C(=O)O. The molecule has 0 bridgehead atoms. The van der Waals surface area contributed by atoms with Crippen LogP contribution < -0.4 is 10.6 Å². The number of Topliss-reactive ketones (excluding diaryl/α,β-unsaturated/α-hetero) is 1. The number of amides is 2. The molecule has 6 N–H and O–H groups in total. The lowest BCUT2D eigenvalue weighted by molar-refractivity contribution is -0.184. The molecular formula is C41H53N3O10. The van der Waals surface area contributed by atoms with E-state index in [0.29, 0.717) is 24.8 Å². The van der Waals surface area contributed by atoms with E-state index in [4.69, 9.17) is 4.74 Å². The van der Waals surface area contributed by atoms with Crippen molar-refractivity contribution < 1.29 is 48.8 Å². The van der Waals surface area contributed by atoms with E-state index in [0.717, 1.165) is 29.3 Å². The molecule has 3 fully saturated rings. The zero-order valence-corrected chi connectivity index (χ0v) is 31.5. The summed E-state index contributed by atoms with van der Waals surface area (Å²) in [7, 11) is 0. The van der Waals surface area contributed by atoms with Crippen LogP contribution >= 0.6 is 0 Å². The number of carboxylic acid groups (broad SMARTS) is 1. The molecule has 4 aliphatic rings. The van der Waals surface area contributed by atoms with Crippen LogP contribution in [0.2, 0.25) is 0 Å². The molecule has 13 heteroatoms. The molecule has 13 nitrogen and oxygen atoms in total. The fraction of sp³-hybridized carbons (Fsp3) is 0.610. The molecule has 1 heterocycles. The van der Waals surface area contributed by atoms with Crippen molar-refractivity contribution >= 4 is 46.2 Å². The van der Waals surface area contributed by atoms with Gasteiger partial charge in [0, 0.05) is 41.8 Å². The zero-order valence-electron chi connectivity index (χ0n) is 31.5. The Labute approximate surface area is 314 Å². The summed E-state index contributed by atoms with van der Waals surface area (Å²) in [5.74, 6) is -4.32. The molecule has 3 saturated carbocycles. The van der Waals surface area contributed by atoms with Crippen molar-refractivity contribution in [3.63, 3.8) is 0 Å². The number of rotatable bonds is 13. The highest BCUT2D eigenvalue weighted by Gasteiger charge is 2.68. The molecule has 6 rings (SSSR count). The third-order valence-corrected chi connectivity index (χ3v) is 13.4. The van der Waals surface area contributed by atoms with Gasteiger partial charge < -0.3 is 35.7 Å². The smallest absolute Gasteiger partial charge is 0.326 e. The Balaban J connectivity index is 1.01. The molecule has 4 aliphatic carbocycles. The summed E-state index contributed by atoms with van der Waals surface area (Å²) in [6.45, 7) is 6.71. The quantitative estimate of drug-likeness (QED) is 0.164.